The largest absolute Gasteiger partial charge is 0.337 e. The molecule has 1 unspecified atom stereocenters. The van der Waals surface area contributed by atoms with Gasteiger partial charge in [0.15, 0.2) is 4.77 Å². The summed E-state index contributed by atoms with van der Waals surface area (Å²) in [6, 6.07) is 5.60. The summed E-state index contributed by atoms with van der Waals surface area (Å²) in [6.07, 6.45) is 2.60. The van der Waals surface area contributed by atoms with Gasteiger partial charge in [-0.25, -0.2) is 0 Å². The Kier molecular flexibility index (Phi) is 4.97. The number of aromatic amines is 1. The molecule has 0 aliphatic heterocycles. The quantitative estimate of drug-likeness (QED) is 0.666. The molecule has 20 heavy (non-hydrogen) atoms. The molecule has 0 spiro atoms. The molecule has 106 valence electrons. The number of imidazole rings is 1. The number of hydrogen-bond acceptors (Lipinski definition) is 1. The first-order valence-corrected chi connectivity index (χ1v) is 7.59. The van der Waals surface area contributed by atoms with Crippen LogP contribution in [0.2, 0.25) is 10.0 Å². The van der Waals surface area contributed by atoms with Gasteiger partial charge in [0, 0.05) is 6.20 Å². The van der Waals surface area contributed by atoms with Crippen LogP contribution in [0.15, 0.2) is 31.0 Å². The van der Waals surface area contributed by atoms with Crippen LogP contribution in [0.5, 0.6) is 0 Å². The summed E-state index contributed by atoms with van der Waals surface area (Å²) in [5.74, 6) is 0. The highest BCUT2D eigenvalue weighted by atomic mass is 35.5. The van der Waals surface area contributed by atoms with Gasteiger partial charge in [0.1, 0.15) is 0 Å². The minimum atomic E-state index is 0.0222. The lowest BCUT2D eigenvalue weighted by atomic mass is 10.0. The highest BCUT2D eigenvalue weighted by Gasteiger charge is 2.18. The fourth-order valence-corrected chi connectivity index (χ4v) is 2.92. The van der Waals surface area contributed by atoms with Crippen molar-refractivity contribution in [3.63, 3.8) is 0 Å². The van der Waals surface area contributed by atoms with E-state index >= 15 is 0 Å². The van der Waals surface area contributed by atoms with Crippen LogP contribution < -0.4 is 0 Å². The van der Waals surface area contributed by atoms with Gasteiger partial charge in [-0.2, -0.15) is 0 Å². The third kappa shape index (κ3) is 2.96. The van der Waals surface area contributed by atoms with Gasteiger partial charge < -0.3 is 9.55 Å². The summed E-state index contributed by atoms with van der Waals surface area (Å²) in [7, 11) is 0. The van der Waals surface area contributed by atoms with E-state index in [1.165, 1.54) is 0 Å². The van der Waals surface area contributed by atoms with Crippen LogP contribution in [0.25, 0.3) is 5.03 Å². The molecule has 2 nitrogen and oxygen atoms in total. The second-order valence-corrected chi connectivity index (χ2v) is 6.01. The van der Waals surface area contributed by atoms with Gasteiger partial charge in [0.25, 0.3) is 0 Å². The Labute approximate surface area is 138 Å². The summed E-state index contributed by atoms with van der Waals surface area (Å²) in [6.45, 7) is 5.84. The molecule has 0 aliphatic rings. The zero-order valence-corrected chi connectivity index (χ0v) is 13.9. The number of aromatic nitrogens is 2. The zero-order valence-electron chi connectivity index (χ0n) is 10.8. The Bertz CT molecular complexity index is 703. The Hall–Kier alpha value is -0.740. The number of benzene rings is 1. The van der Waals surface area contributed by atoms with Crippen molar-refractivity contribution in [1.29, 1.82) is 0 Å². The average molecular weight is 348 g/mol. The fourth-order valence-electron chi connectivity index (χ4n) is 2.18. The normalized spacial score (nSPS) is 12.4. The number of H-pyrrole nitrogens is 1. The summed E-state index contributed by atoms with van der Waals surface area (Å²) < 4.78 is 2.55. The first-order valence-electron chi connectivity index (χ1n) is 6.05. The molecule has 1 atom stereocenters. The molecule has 0 aliphatic carbocycles. The molecule has 0 saturated carbocycles. The lowest BCUT2D eigenvalue weighted by molar-refractivity contribution is 0.556. The number of nitrogens with one attached hydrogen (secondary N) is 1. The van der Waals surface area contributed by atoms with E-state index in [0.717, 1.165) is 17.7 Å². The molecule has 1 heterocycles. The van der Waals surface area contributed by atoms with Crippen molar-refractivity contribution in [2.75, 3.05) is 0 Å². The third-order valence-electron chi connectivity index (χ3n) is 3.12. The van der Waals surface area contributed by atoms with Crippen molar-refractivity contribution in [2.45, 2.75) is 19.4 Å². The summed E-state index contributed by atoms with van der Waals surface area (Å²) in [5, 5.41) is 1.50. The Morgan fingerprint density at radius 3 is 2.65 bits per heavy atom. The van der Waals surface area contributed by atoms with Crippen LogP contribution in [-0.2, 0) is 0 Å². The molecule has 0 bridgehead atoms. The number of halogens is 3. The predicted molar refractivity (Wildman–Crippen MR) is 89.4 cm³/mol. The van der Waals surface area contributed by atoms with Crippen molar-refractivity contribution in [3.05, 3.63) is 57.0 Å². The molecule has 6 heteroatoms. The van der Waals surface area contributed by atoms with Gasteiger partial charge in [-0.15, -0.1) is 0 Å². The van der Waals surface area contributed by atoms with Gasteiger partial charge in [-0.3, -0.25) is 0 Å². The fraction of sp³-hybridized carbons (Fsp3) is 0.214. The molecule has 0 radical (unpaired) electrons. The van der Waals surface area contributed by atoms with E-state index in [2.05, 4.69) is 18.5 Å². The van der Waals surface area contributed by atoms with Gasteiger partial charge >= 0.3 is 0 Å². The van der Waals surface area contributed by atoms with Crippen molar-refractivity contribution < 1.29 is 0 Å². The van der Waals surface area contributed by atoms with Gasteiger partial charge in [0.2, 0.25) is 0 Å². The number of hydrogen-bond donors (Lipinski definition) is 1. The third-order valence-corrected chi connectivity index (χ3v) is 4.36. The zero-order chi connectivity index (χ0) is 14.9. The van der Waals surface area contributed by atoms with E-state index < -0.39 is 0 Å². The molecule has 0 saturated heterocycles. The van der Waals surface area contributed by atoms with Crippen molar-refractivity contribution >= 4 is 52.1 Å². The molecule has 2 aromatic rings. The Morgan fingerprint density at radius 2 is 2.10 bits per heavy atom. The monoisotopic (exact) mass is 346 g/mol. The maximum absolute atomic E-state index is 6.10. The van der Waals surface area contributed by atoms with Crippen LogP contribution in [0, 0.1) is 4.77 Å². The maximum Gasteiger partial charge on any atom is 0.178 e. The lowest BCUT2D eigenvalue weighted by Crippen LogP contribution is -2.12. The standard InChI is InChI=1S/C14H13Cl3N2S/c1-3-12(9-4-5-10(16)11(17)6-9)19-13(8(2)15)7-18-14(19)20/h4-7,12H,2-3H2,1H3,(H,18,20). The topological polar surface area (TPSA) is 20.7 Å². The Balaban J connectivity index is 2.58. The average Bonchev–Trinajstić information content (AvgIpc) is 2.77. The second kappa shape index (κ2) is 6.35. The van der Waals surface area contributed by atoms with E-state index in [1.54, 1.807) is 12.3 Å². The number of rotatable bonds is 4. The predicted octanol–water partition coefficient (Wildman–Crippen LogP) is 6.06. The van der Waals surface area contributed by atoms with Crippen LogP contribution >= 0.6 is 47.0 Å². The van der Waals surface area contributed by atoms with Crippen molar-refractivity contribution in [3.8, 4) is 0 Å². The van der Waals surface area contributed by atoms with Crippen LogP contribution in [0.4, 0.5) is 0 Å². The molecule has 0 amide bonds. The van der Waals surface area contributed by atoms with E-state index in [9.17, 15) is 0 Å². The lowest BCUT2D eigenvalue weighted by Gasteiger charge is -2.20. The van der Waals surface area contributed by atoms with E-state index in [4.69, 9.17) is 47.0 Å². The molecular weight excluding hydrogens is 335 g/mol. The maximum atomic E-state index is 6.10. The first kappa shape index (κ1) is 15.6. The summed E-state index contributed by atoms with van der Waals surface area (Å²) in [4.78, 5) is 3.00. The van der Waals surface area contributed by atoms with Gasteiger partial charge in [-0.05, 0) is 36.3 Å². The molecule has 0 fully saturated rings. The minimum Gasteiger partial charge on any atom is -0.337 e. The molecular formula is C14H13Cl3N2S. The minimum absolute atomic E-state index is 0.0222. The highest BCUT2D eigenvalue weighted by molar-refractivity contribution is 7.71. The van der Waals surface area contributed by atoms with Gasteiger partial charge in [0.05, 0.1) is 26.8 Å². The summed E-state index contributed by atoms with van der Waals surface area (Å²) >= 11 is 23.4. The van der Waals surface area contributed by atoms with Crippen LogP contribution in [0.3, 0.4) is 0 Å². The molecule has 1 N–H and O–H groups in total. The van der Waals surface area contributed by atoms with E-state index in [-0.39, 0.29) is 6.04 Å². The first-order chi connectivity index (χ1) is 9.45. The van der Waals surface area contributed by atoms with Crippen molar-refractivity contribution in [1.82, 2.24) is 9.55 Å². The number of nitrogens with zero attached hydrogens (tertiary/aromatic N) is 1. The van der Waals surface area contributed by atoms with E-state index in [1.807, 2.05) is 16.7 Å². The molecule has 2 rings (SSSR count). The Morgan fingerprint density at radius 1 is 1.40 bits per heavy atom. The summed E-state index contributed by atoms with van der Waals surface area (Å²) in [5.41, 5.74) is 1.80. The molecule has 1 aromatic heterocycles. The van der Waals surface area contributed by atoms with Crippen LogP contribution in [0.1, 0.15) is 30.6 Å². The van der Waals surface area contributed by atoms with E-state index in [0.29, 0.717) is 19.8 Å². The highest BCUT2D eigenvalue weighted by Crippen LogP contribution is 2.31. The van der Waals surface area contributed by atoms with Crippen molar-refractivity contribution in [2.24, 2.45) is 0 Å². The van der Waals surface area contributed by atoms with Crippen LogP contribution in [-0.4, -0.2) is 9.55 Å². The molecule has 1 aromatic carbocycles. The van der Waals surface area contributed by atoms with Gasteiger partial charge in [-0.1, -0.05) is 54.4 Å². The smallest absolute Gasteiger partial charge is 0.178 e. The second-order valence-electron chi connectivity index (χ2n) is 4.35. The SMILES string of the molecule is C=C(Cl)c1c[nH]c(=S)n1C(CC)c1ccc(Cl)c(Cl)c1.